The van der Waals surface area contributed by atoms with E-state index < -0.39 is 5.54 Å². The van der Waals surface area contributed by atoms with Gasteiger partial charge in [-0.15, -0.1) is 0 Å². The second-order valence-electron chi connectivity index (χ2n) is 5.56. The van der Waals surface area contributed by atoms with Gasteiger partial charge in [0.25, 0.3) is 0 Å². The van der Waals surface area contributed by atoms with Crippen LogP contribution in [0, 0.1) is 5.92 Å². The van der Waals surface area contributed by atoms with Crippen LogP contribution in [-0.2, 0) is 12.0 Å². The molecular formula is C14H25N3O. The molecule has 1 heterocycles. The van der Waals surface area contributed by atoms with Crippen LogP contribution in [0.5, 0.6) is 0 Å². The molecule has 0 bridgehead atoms. The molecule has 1 fully saturated rings. The highest BCUT2D eigenvalue weighted by Crippen LogP contribution is 2.29. The summed E-state index contributed by atoms with van der Waals surface area (Å²) in [7, 11) is 0. The van der Waals surface area contributed by atoms with E-state index in [4.69, 9.17) is 10.3 Å². The molecule has 18 heavy (non-hydrogen) atoms. The van der Waals surface area contributed by atoms with Crippen molar-refractivity contribution in [2.45, 2.75) is 70.8 Å². The molecule has 1 aliphatic rings. The Morgan fingerprint density at radius 1 is 1.28 bits per heavy atom. The zero-order chi connectivity index (χ0) is 13.0. The fourth-order valence-electron chi connectivity index (χ4n) is 2.75. The third-order valence-corrected chi connectivity index (χ3v) is 4.42. The van der Waals surface area contributed by atoms with Gasteiger partial charge in [-0.2, -0.15) is 4.98 Å². The zero-order valence-electron chi connectivity index (χ0n) is 11.6. The van der Waals surface area contributed by atoms with Crippen LogP contribution in [0.3, 0.4) is 0 Å². The molecule has 102 valence electrons. The van der Waals surface area contributed by atoms with Gasteiger partial charge in [-0.3, -0.25) is 0 Å². The molecule has 1 aromatic heterocycles. The van der Waals surface area contributed by atoms with Crippen molar-refractivity contribution in [2.24, 2.45) is 11.7 Å². The van der Waals surface area contributed by atoms with Crippen LogP contribution in [-0.4, -0.2) is 10.1 Å². The lowest BCUT2D eigenvalue weighted by Gasteiger charge is -2.21. The molecule has 0 aliphatic heterocycles. The average molecular weight is 251 g/mol. The Kier molecular flexibility index (Phi) is 4.38. The van der Waals surface area contributed by atoms with Crippen molar-refractivity contribution in [3.05, 3.63) is 11.7 Å². The Bertz CT molecular complexity index is 365. The lowest BCUT2D eigenvalue weighted by molar-refractivity contribution is 0.330. The SMILES string of the molecule is CCC(N)(CC)c1noc(CCC2CCCC2)n1. The number of nitrogens with two attached hydrogens (primary N) is 1. The molecule has 0 unspecified atom stereocenters. The van der Waals surface area contributed by atoms with Gasteiger partial charge in [-0.1, -0.05) is 44.7 Å². The molecule has 0 atom stereocenters. The van der Waals surface area contributed by atoms with Gasteiger partial charge in [-0.25, -0.2) is 0 Å². The molecule has 4 nitrogen and oxygen atoms in total. The van der Waals surface area contributed by atoms with Crippen LogP contribution >= 0.6 is 0 Å². The second kappa shape index (κ2) is 5.83. The van der Waals surface area contributed by atoms with Crippen molar-refractivity contribution >= 4 is 0 Å². The van der Waals surface area contributed by atoms with Crippen molar-refractivity contribution < 1.29 is 4.52 Å². The summed E-state index contributed by atoms with van der Waals surface area (Å²) in [5.41, 5.74) is 5.84. The predicted octanol–water partition coefficient (Wildman–Crippen LogP) is 3.17. The van der Waals surface area contributed by atoms with E-state index in [2.05, 4.69) is 24.0 Å². The predicted molar refractivity (Wildman–Crippen MR) is 71.0 cm³/mol. The molecule has 1 aromatic rings. The normalized spacial score (nSPS) is 17.5. The van der Waals surface area contributed by atoms with E-state index >= 15 is 0 Å². The van der Waals surface area contributed by atoms with Crippen LogP contribution in [0.4, 0.5) is 0 Å². The van der Waals surface area contributed by atoms with E-state index in [1.54, 1.807) is 0 Å². The minimum Gasteiger partial charge on any atom is -0.339 e. The first kappa shape index (κ1) is 13.5. The van der Waals surface area contributed by atoms with Crippen LogP contribution < -0.4 is 5.73 Å². The molecular weight excluding hydrogens is 226 g/mol. The number of aryl methyl sites for hydroxylation is 1. The van der Waals surface area contributed by atoms with E-state index in [0.29, 0.717) is 5.82 Å². The standard InChI is InChI=1S/C14H25N3O/c1-3-14(15,4-2)13-16-12(18-17-13)10-9-11-7-5-6-8-11/h11H,3-10,15H2,1-2H3. The molecule has 2 N–H and O–H groups in total. The van der Waals surface area contributed by atoms with Crippen molar-refractivity contribution in [3.8, 4) is 0 Å². The Morgan fingerprint density at radius 2 is 1.94 bits per heavy atom. The Morgan fingerprint density at radius 3 is 2.56 bits per heavy atom. The van der Waals surface area contributed by atoms with Gasteiger partial charge < -0.3 is 10.3 Å². The largest absolute Gasteiger partial charge is 0.339 e. The number of rotatable bonds is 6. The van der Waals surface area contributed by atoms with Crippen molar-refractivity contribution in [1.82, 2.24) is 10.1 Å². The second-order valence-corrected chi connectivity index (χ2v) is 5.56. The summed E-state index contributed by atoms with van der Waals surface area (Å²) < 4.78 is 5.33. The van der Waals surface area contributed by atoms with Crippen molar-refractivity contribution in [2.75, 3.05) is 0 Å². The van der Waals surface area contributed by atoms with Gasteiger partial charge in [0.2, 0.25) is 5.89 Å². The highest BCUT2D eigenvalue weighted by molar-refractivity contribution is 5.03. The van der Waals surface area contributed by atoms with Gasteiger partial charge in [0, 0.05) is 6.42 Å². The summed E-state index contributed by atoms with van der Waals surface area (Å²) in [5.74, 6) is 2.29. The topological polar surface area (TPSA) is 64.9 Å². The van der Waals surface area contributed by atoms with E-state index in [9.17, 15) is 0 Å². The molecule has 0 aromatic carbocycles. The maximum atomic E-state index is 6.26. The van der Waals surface area contributed by atoms with Crippen LogP contribution in [0.25, 0.3) is 0 Å². The molecule has 0 saturated heterocycles. The lowest BCUT2D eigenvalue weighted by Crippen LogP contribution is -2.36. The van der Waals surface area contributed by atoms with E-state index in [1.165, 1.54) is 32.1 Å². The Hall–Kier alpha value is -0.900. The summed E-state index contributed by atoms with van der Waals surface area (Å²) >= 11 is 0. The van der Waals surface area contributed by atoms with E-state index in [0.717, 1.165) is 31.1 Å². The highest BCUT2D eigenvalue weighted by atomic mass is 16.5. The number of nitrogens with zero attached hydrogens (tertiary/aromatic N) is 2. The van der Waals surface area contributed by atoms with Crippen LogP contribution in [0.15, 0.2) is 4.52 Å². The highest BCUT2D eigenvalue weighted by Gasteiger charge is 2.29. The van der Waals surface area contributed by atoms with Gasteiger partial charge in [0.05, 0.1) is 5.54 Å². The quantitative estimate of drug-likeness (QED) is 0.843. The fourth-order valence-corrected chi connectivity index (χ4v) is 2.75. The first-order valence-corrected chi connectivity index (χ1v) is 7.30. The summed E-state index contributed by atoms with van der Waals surface area (Å²) in [6.07, 6.45) is 9.26. The Labute approximate surface area is 109 Å². The van der Waals surface area contributed by atoms with Gasteiger partial charge >= 0.3 is 0 Å². The summed E-state index contributed by atoms with van der Waals surface area (Å²) in [6, 6.07) is 0. The van der Waals surface area contributed by atoms with E-state index in [1.807, 2.05) is 0 Å². The molecule has 4 heteroatoms. The zero-order valence-corrected chi connectivity index (χ0v) is 11.6. The first-order valence-electron chi connectivity index (χ1n) is 7.30. The molecule has 0 amide bonds. The Balaban J connectivity index is 1.93. The van der Waals surface area contributed by atoms with Gasteiger partial charge in [0.1, 0.15) is 0 Å². The molecule has 1 aliphatic carbocycles. The van der Waals surface area contributed by atoms with E-state index in [-0.39, 0.29) is 0 Å². The minimum absolute atomic E-state index is 0.422. The summed E-state index contributed by atoms with van der Waals surface area (Å²) in [5, 5.41) is 4.06. The first-order chi connectivity index (χ1) is 8.68. The molecule has 1 saturated carbocycles. The summed E-state index contributed by atoms with van der Waals surface area (Å²) in [4.78, 5) is 4.48. The lowest BCUT2D eigenvalue weighted by atomic mass is 9.93. The molecule has 0 spiro atoms. The number of hydrogen-bond acceptors (Lipinski definition) is 4. The number of hydrogen-bond donors (Lipinski definition) is 1. The van der Waals surface area contributed by atoms with Crippen molar-refractivity contribution in [3.63, 3.8) is 0 Å². The number of aromatic nitrogens is 2. The molecule has 0 radical (unpaired) electrons. The maximum absolute atomic E-state index is 6.26. The maximum Gasteiger partial charge on any atom is 0.226 e. The van der Waals surface area contributed by atoms with Crippen molar-refractivity contribution in [1.29, 1.82) is 0 Å². The average Bonchev–Trinajstić information content (AvgIpc) is 3.06. The summed E-state index contributed by atoms with van der Waals surface area (Å²) in [6.45, 7) is 4.14. The smallest absolute Gasteiger partial charge is 0.226 e. The third kappa shape index (κ3) is 2.91. The van der Waals surface area contributed by atoms with Crippen LogP contribution in [0.1, 0.15) is 70.5 Å². The third-order valence-electron chi connectivity index (χ3n) is 4.42. The fraction of sp³-hybridized carbons (Fsp3) is 0.857. The molecule has 2 rings (SSSR count). The monoisotopic (exact) mass is 251 g/mol. The van der Waals surface area contributed by atoms with Gasteiger partial charge in [-0.05, 0) is 25.2 Å². The minimum atomic E-state index is -0.422. The van der Waals surface area contributed by atoms with Gasteiger partial charge in [0.15, 0.2) is 5.82 Å². The van der Waals surface area contributed by atoms with Crippen LogP contribution in [0.2, 0.25) is 0 Å².